The van der Waals surface area contributed by atoms with Gasteiger partial charge in [-0.3, -0.25) is 9.20 Å². The monoisotopic (exact) mass is 412 g/mol. The molecule has 0 bridgehead atoms. The molecule has 8 nitrogen and oxygen atoms in total. The Morgan fingerprint density at radius 1 is 1.03 bits per heavy atom. The zero-order chi connectivity index (χ0) is 21.2. The molecule has 1 amide bonds. The highest BCUT2D eigenvalue weighted by molar-refractivity contribution is 5.90. The molecule has 2 N–H and O–H groups in total. The minimum atomic E-state index is -0.198. The van der Waals surface area contributed by atoms with Crippen LogP contribution in [0.25, 0.3) is 16.7 Å². The summed E-state index contributed by atoms with van der Waals surface area (Å²) >= 11 is 0. The molecule has 31 heavy (non-hydrogen) atoms. The number of pyridine rings is 1. The number of carbonyl (C=O) groups excluding carboxylic acids is 1. The highest BCUT2D eigenvalue weighted by atomic mass is 16.2. The molecular weight excluding hydrogens is 392 g/mol. The molecule has 0 saturated heterocycles. The predicted octanol–water partition coefficient (Wildman–Crippen LogP) is 2.99. The fraction of sp³-hybridized carbons (Fsp3) is 0.130. The van der Waals surface area contributed by atoms with Gasteiger partial charge in [0, 0.05) is 24.7 Å². The van der Waals surface area contributed by atoms with E-state index in [0.717, 1.165) is 22.4 Å². The summed E-state index contributed by atoms with van der Waals surface area (Å²) in [6.07, 6.45) is 2.53. The molecule has 0 fully saturated rings. The summed E-state index contributed by atoms with van der Waals surface area (Å²) in [5.41, 5.74) is 3.82. The van der Waals surface area contributed by atoms with Gasteiger partial charge < -0.3 is 10.3 Å². The third-order valence-electron chi connectivity index (χ3n) is 5.06. The van der Waals surface area contributed by atoms with Gasteiger partial charge in [0.05, 0.1) is 17.6 Å². The van der Waals surface area contributed by atoms with Crippen molar-refractivity contribution in [2.75, 3.05) is 5.32 Å². The first kappa shape index (κ1) is 18.8. The van der Waals surface area contributed by atoms with E-state index in [1.807, 2.05) is 54.6 Å². The van der Waals surface area contributed by atoms with Gasteiger partial charge >= 0.3 is 5.69 Å². The number of fused-ring (bicyclic) bond motifs is 2. The first-order valence-electron chi connectivity index (χ1n) is 10.0. The van der Waals surface area contributed by atoms with Crippen LogP contribution in [0.4, 0.5) is 5.69 Å². The second-order valence-corrected chi connectivity index (χ2v) is 7.32. The highest BCUT2D eigenvalue weighted by Gasteiger charge is 2.09. The van der Waals surface area contributed by atoms with Crippen molar-refractivity contribution in [3.8, 4) is 0 Å². The lowest BCUT2D eigenvalue weighted by Gasteiger charge is -2.07. The molecule has 8 heteroatoms. The van der Waals surface area contributed by atoms with E-state index in [0.29, 0.717) is 30.7 Å². The number of aryl methyl sites for hydroxylation is 1. The Bertz CT molecular complexity index is 1410. The van der Waals surface area contributed by atoms with Gasteiger partial charge in [-0.25, -0.2) is 14.5 Å². The van der Waals surface area contributed by atoms with Gasteiger partial charge in [0.25, 0.3) is 0 Å². The molecule has 3 heterocycles. The number of hydrogen-bond acceptors (Lipinski definition) is 4. The van der Waals surface area contributed by atoms with Gasteiger partial charge in [-0.05, 0) is 42.0 Å². The molecule has 5 aromatic rings. The average molecular weight is 412 g/mol. The standard InChI is InChI=1S/C23H20N6O2/c30-22(12-11-20-25-18-8-1-2-9-19(18)26-20)24-17-7-5-6-16(14-17)15-29-23(31)28-13-4-3-10-21(28)27-29/h1-10,13-14H,11-12,15H2,(H,24,30)(H,25,26). The highest BCUT2D eigenvalue weighted by Crippen LogP contribution is 2.14. The van der Waals surface area contributed by atoms with Crippen molar-refractivity contribution in [1.82, 2.24) is 24.1 Å². The SMILES string of the molecule is O=C(CCc1nc2ccccc2[nH]1)Nc1cccc(Cn2nc3ccccn3c2=O)c1. The number of aromatic amines is 1. The van der Waals surface area contributed by atoms with Crippen LogP contribution in [-0.2, 0) is 17.8 Å². The van der Waals surface area contributed by atoms with Crippen LogP contribution >= 0.6 is 0 Å². The second kappa shape index (κ2) is 7.91. The molecule has 0 aliphatic heterocycles. The fourth-order valence-corrected chi connectivity index (χ4v) is 3.57. The van der Waals surface area contributed by atoms with Crippen LogP contribution in [0.2, 0.25) is 0 Å². The Kier molecular flexibility index (Phi) is 4.80. The van der Waals surface area contributed by atoms with Crippen LogP contribution in [0, 0.1) is 0 Å². The molecule has 0 aliphatic carbocycles. The molecule has 0 atom stereocenters. The summed E-state index contributed by atoms with van der Waals surface area (Å²) in [6, 6.07) is 20.7. The molecule has 0 saturated carbocycles. The van der Waals surface area contributed by atoms with E-state index in [2.05, 4.69) is 20.4 Å². The van der Waals surface area contributed by atoms with Crippen molar-refractivity contribution >= 4 is 28.3 Å². The smallest absolute Gasteiger partial charge is 0.342 e. The summed E-state index contributed by atoms with van der Waals surface area (Å²) in [5.74, 6) is 0.693. The van der Waals surface area contributed by atoms with Crippen LogP contribution in [0.15, 0.2) is 77.7 Å². The van der Waals surface area contributed by atoms with Crippen LogP contribution < -0.4 is 11.0 Å². The average Bonchev–Trinajstić information content (AvgIpc) is 3.33. The zero-order valence-electron chi connectivity index (χ0n) is 16.7. The van der Waals surface area contributed by atoms with E-state index in [9.17, 15) is 9.59 Å². The van der Waals surface area contributed by atoms with Crippen molar-refractivity contribution in [1.29, 1.82) is 0 Å². The Labute approximate surface area is 177 Å². The summed E-state index contributed by atoms with van der Waals surface area (Å²) in [6.45, 7) is 0.323. The van der Waals surface area contributed by atoms with E-state index in [1.54, 1.807) is 18.3 Å². The molecule has 0 spiro atoms. The number of aromatic nitrogens is 5. The van der Waals surface area contributed by atoms with E-state index in [-0.39, 0.29) is 11.6 Å². The first-order chi connectivity index (χ1) is 15.2. The van der Waals surface area contributed by atoms with Crippen LogP contribution in [0.3, 0.4) is 0 Å². The number of carbonyl (C=O) groups is 1. The first-order valence-corrected chi connectivity index (χ1v) is 10.0. The molecule has 3 aromatic heterocycles. The number of hydrogen-bond donors (Lipinski definition) is 2. The Hall–Kier alpha value is -4.20. The molecular formula is C23H20N6O2. The van der Waals surface area contributed by atoms with Crippen molar-refractivity contribution < 1.29 is 4.79 Å². The van der Waals surface area contributed by atoms with Gasteiger partial charge in [0.15, 0.2) is 5.65 Å². The van der Waals surface area contributed by atoms with Crippen molar-refractivity contribution in [2.24, 2.45) is 0 Å². The molecule has 0 unspecified atom stereocenters. The number of rotatable bonds is 6. The zero-order valence-corrected chi connectivity index (χ0v) is 16.7. The van der Waals surface area contributed by atoms with Crippen LogP contribution in [-0.4, -0.2) is 30.1 Å². The normalized spacial score (nSPS) is 11.2. The minimum absolute atomic E-state index is 0.0949. The van der Waals surface area contributed by atoms with E-state index >= 15 is 0 Å². The molecule has 2 aromatic carbocycles. The second-order valence-electron chi connectivity index (χ2n) is 7.32. The van der Waals surface area contributed by atoms with E-state index in [4.69, 9.17) is 0 Å². The van der Waals surface area contributed by atoms with Gasteiger partial charge in [0.1, 0.15) is 5.82 Å². The van der Waals surface area contributed by atoms with Gasteiger partial charge in [-0.2, -0.15) is 0 Å². The maximum absolute atomic E-state index is 12.5. The molecule has 154 valence electrons. The topological polar surface area (TPSA) is 97.1 Å². The summed E-state index contributed by atoms with van der Waals surface area (Å²) in [7, 11) is 0. The molecule has 5 rings (SSSR count). The largest absolute Gasteiger partial charge is 0.350 e. The Morgan fingerprint density at radius 2 is 1.90 bits per heavy atom. The van der Waals surface area contributed by atoms with Crippen molar-refractivity contribution in [3.63, 3.8) is 0 Å². The fourth-order valence-electron chi connectivity index (χ4n) is 3.57. The number of amides is 1. The van der Waals surface area contributed by atoms with Crippen molar-refractivity contribution in [2.45, 2.75) is 19.4 Å². The number of nitrogens with zero attached hydrogens (tertiary/aromatic N) is 4. The quantitative estimate of drug-likeness (QED) is 0.448. The molecule has 0 radical (unpaired) electrons. The Morgan fingerprint density at radius 3 is 2.77 bits per heavy atom. The van der Waals surface area contributed by atoms with Gasteiger partial charge in [0.2, 0.25) is 5.91 Å². The third kappa shape index (κ3) is 3.95. The third-order valence-corrected chi connectivity index (χ3v) is 5.06. The predicted molar refractivity (Wildman–Crippen MR) is 118 cm³/mol. The lowest BCUT2D eigenvalue weighted by molar-refractivity contribution is -0.116. The number of anilines is 1. The minimum Gasteiger partial charge on any atom is -0.342 e. The molecule has 0 aliphatic rings. The number of para-hydroxylation sites is 2. The Balaban J connectivity index is 1.24. The summed E-state index contributed by atoms with van der Waals surface area (Å²) in [5, 5.41) is 7.27. The number of imidazole rings is 1. The van der Waals surface area contributed by atoms with Crippen LogP contribution in [0.1, 0.15) is 17.8 Å². The summed E-state index contributed by atoms with van der Waals surface area (Å²) in [4.78, 5) is 32.6. The van der Waals surface area contributed by atoms with Crippen molar-refractivity contribution in [3.05, 3.63) is 94.8 Å². The maximum atomic E-state index is 12.5. The van der Waals surface area contributed by atoms with Crippen LogP contribution in [0.5, 0.6) is 0 Å². The lowest BCUT2D eigenvalue weighted by atomic mass is 10.2. The summed E-state index contributed by atoms with van der Waals surface area (Å²) < 4.78 is 2.92. The van der Waals surface area contributed by atoms with E-state index < -0.39 is 0 Å². The lowest BCUT2D eigenvalue weighted by Crippen LogP contribution is -2.21. The maximum Gasteiger partial charge on any atom is 0.350 e. The number of H-pyrrole nitrogens is 1. The number of benzene rings is 2. The van der Waals surface area contributed by atoms with Gasteiger partial charge in [-0.15, -0.1) is 5.10 Å². The van der Waals surface area contributed by atoms with E-state index in [1.165, 1.54) is 9.08 Å². The number of nitrogens with one attached hydrogen (secondary N) is 2. The van der Waals surface area contributed by atoms with Gasteiger partial charge in [-0.1, -0.05) is 30.3 Å².